The van der Waals surface area contributed by atoms with E-state index in [0.717, 1.165) is 53.0 Å². The molecule has 5 rings (SSSR count). The van der Waals surface area contributed by atoms with E-state index in [1.165, 1.54) is 12.1 Å². The van der Waals surface area contributed by atoms with E-state index < -0.39 is 0 Å². The molecule has 2 heterocycles. The largest absolute Gasteiger partial charge is 0.494 e. The van der Waals surface area contributed by atoms with Crippen molar-refractivity contribution in [3.8, 4) is 17.0 Å². The Kier molecular flexibility index (Phi) is 6.62. The zero-order chi connectivity index (χ0) is 24.2. The summed E-state index contributed by atoms with van der Waals surface area (Å²) in [4.78, 5) is 15.3. The van der Waals surface area contributed by atoms with Crippen molar-refractivity contribution in [3.63, 3.8) is 0 Å². The first-order chi connectivity index (χ1) is 17.2. The molecular weight excluding hydrogens is 441 g/mol. The lowest BCUT2D eigenvalue weighted by Gasteiger charge is -2.26. The van der Waals surface area contributed by atoms with Crippen LogP contribution in [0.3, 0.4) is 0 Å². The number of amides is 1. The Morgan fingerprint density at radius 2 is 1.71 bits per heavy atom. The fraction of sp³-hybridized carbons (Fsp3) is 0.241. The second kappa shape index (κ2) is 10.1. The molecule has 0 spiro atoms. The number of unbranched alkanes of at least 4 members (excludes halogenated alkanes) is 2. The number of halogens is 1. The summed E-state index contributed by atoms with van der Waals surface area (Å²) < 4.78 is 19.4. The van der Waals surface area contributed by atoms with Gasteiger partial charge >= 0.3 is 0 Å². The standard InChI is InChI=1S/C29H28FN3O2/c1-2-3-7-18-35-24-16-12-22(13-17-24)28-25-26(21-8-5-4-6-9-21)31-32-27(25)29(34)33(28)19-20-10-14-23(30)15-11-20/h4-6,8-17,28H,2-3,7,18-19H2,1H3,(H,31,32). The summed E-state index contributed by atoms with van der Waals surface area (Å²) in [7, 11) is 0. The zero-order valence-electron chi connectivity index (χ0n) is 19.7. The summed E-state index contributed by atoms with van der Waals surface area (Å²) in [5.74, 6) is 0.396. The molecule has 1 amide bonds. The van der Waals surface area contributed by atoms with E-state index in [4.69, 9.17) is 4.74 Å². The maximum atomic E-state index is 13.5. The van der Waals surface area contributed by atoms with Crippen LogP contribution >= 0.6 is 0 Å². The third kappa shape index (κ3) is 4.69. The molecule has 6 heteroatoms. The minimum Gasteiger partial charge on any atom is -0.494 e. The predicted octanol–water partition coefficient (Wildman–Crippen LogP) is 6.53. The summed E-state index contributed by atoms with van der Waals surface area (Å²) in [5, 5.41) is 7.50. The number of H-pyrrole nitrogens is 1. The van der Waals surface area contributed by atoms with E-state index in [1.807, 2.05) is 59.5 Å². The van der Waals surface area contributed by atoms with Gasteiger partial charge in [0, 0.05) is 17.7 Å². The average molecular weight is 470 g/mol. The Bertz CT molecular complexity index is 1280. The molecule has 0 saturated heterocycles. The molecule has 5 nitrogen and oxygen atoms in total. The second-order valence-electron chi connectivity index (χ2n) is 8.81. The molecule has 0 aliphatic carbocycles. The molecular formula is C29H28FN3O2. The van der Waals surface area contributed by atoms with E-state index >= 15 is 0 Å². The van der Waals surface area contributed by atoms with Gasteiger partial charge in [0.2, 0.25) is 0 Å². The first-order valence-corrected chi connectivity index (χ1v) is 12.1. The van der Waals surface area contributed by atoms with Gasteiger partial charge in [-0.05, 0) is 41.8 Å². The molecule has 0 fully saturated rings. The molecule has 1 aliphatic heterocycles. The molecule has 178 valence electrons. The van der Waals surface area contributed by atoms with Crippen LogP contribution in [0.4, 0.5) is 4.39 Å². The Morgan fingerprint density at radius 1 is 0.971 bits per heavy atom. The van der Waals surface area contributed by atoms with Crippen LogP contribution in [0.2, 0.25) is 0 Å². The minimum absolute atomic E-state index is 0.121. The van der Waals surface area contributed by atoms with Crippen LogP contribution in [-0.2, 0) is 6.54 Å². The normalized spacial score (nSPS) is 14.9. The van der Waals surface area contributed by atoms with Gasteiger partial charge in [0.05, 0.1) is 18.3 Å². The third-order valence-corrected chi connectivity index (χ3v) is 6.39. The van der Waals surface area contributed by atoms with Gasteiger partial charge in [0.1, 0.15) is 17.3 Å². The van der Waals surface area contributed by atoms with Gasteiger partial charge < -0.3 is 9.64 Å². The molecule has 3 aromatic carbocycles. The van der Waals surface area contributed by atoms with E-state index in [9.17, 15) is 9.18 Å². The lowest BCUT2D eigenvalue weighted by molar-refractivity contribution is 0.0730. The number of nitrogens with zero attached hydrogens (tertiary/aromatic N) is 2. The van der Waals surface area contributed by atoms with Crippen molar-refractivity contribution in [1.29, 1.82) is 0 Å². The maximum absolute atomic E-state index is 13.5. The molecule has 1 N–H and O–H groups in total. The van der Waals surface area contributed by atoms with E-state index in [-0.39, 0.29) is 17.8 Å². The molecule has 0 saturated carbocycles. The van der Waals surface area contributed by atoms with Crippen LogP contribution < -0.4 is 4.74 Å². The second-order valence-corrected chi connectivity index (χ2v) is 8.81. The molecule has 1 unspecified atom stereocenters. The number of benzene rings is 3. The number of hydrogen-bond acceptors (Lipinski definition) is 3. The summed E-state index contributed by atoms with van der Waals surface area (Å²) >= 11 is 0. The highest BCUT2D eigenvalue weighted by Crippen LogP contribution is 2.43. The van der Waals surface area contributed by atoms with E-state index in [2.05, 4.69) is 17.1 Å². The smallest absolute Gasteiger partial charge is 0.273 e. The molecule has 0 radical (unpaired) electrons. The average Bonchev–Trinajstić information content (AvgIpc) is 3.43. The highest BCUT2D eigenvalue weighted by Gasteiger charge is 2.42. The summed E-state index contributed by atoms with van der Waals surface area (Å²) in [6.45, 7) is 3.22. The minimum atomic E-state index is -0.328. The van der Waals surface area contributed by atoms with Crippen LogP contribution in [0.5, 0.6) is 5.75 Å². The quantitative estimate of drug-likeness (QED) is 0.284. The molecule has 0 bridgehead atoms. The maximum Gasteiger partial charge on any atom is 0.273 e. The number of aromatic nitrogens is 2. The van der Waals surface area contributed by atoms with Gasteiger partial charge in [-0.15, -0.1) is 0 Å². The van der Waals surface area contributed by atoms with Crippen LogP contribution in [0.25, 0.3) is 11.3 Å². The Labute approximate surface area is 204 Å². The van der Waals surface area contributed by atoms with Crippen LogP contribution in [-0.4, -0.2) is 27.6 Å². The van der Waals surface area contributed by atoms with Crippen molar-refractivity contribution in [2.75, 3.05) is 6.61 Å². The van der Waals surface area contributed by atoms with Gasteiger partial charge in [-0.3, -0.25) is 9.89 Å². The van der Waals surface area contributed by atoms with Crippen LogP contribution in [0.15, 0.2) is 78.9 Å². The fourth-order valence-electron chi connectivity index (χ4n) is 4.60. The van der Waals surface area contributed by atoms with Crippen molar-refractivity contribution in [1.82, 2.24) is 15.1 Å². The van der Waals surface area contributed by atoms with Gasteiger partial charge in [-0.25, -0.2) is 4.39 Å². The summed E-state index contributed by atoms with van der Waals surface area (Å²) in [6, 6.07) is 23.8. The number of fused-ring (bicyclic) bond motifs is 1. The molecule has 1 aliphatic rings. The number of nitrogens with one attached hydrogen (secondary N) is 1. The van der Waals surface area contributed by atoms with Gasteiger partial charge in [-0.1, -0.05) is 74.4 Å². The van der Waals surface area contributed by atoms with Crippen molar-refractivity contribution in [3.05, 3.63) is 107 Å². The molecule has 1 atom stereocenters. The summed E-state index contributed by atoms with van der Waals surface area (Å²) in [6.07, 6.45) is 3.32. The number of aromatic amines is 1. The van der Waals surface area contributed by atoms with Gasteiger partial charge in [-0.2, -0.15) is 5.10 Å². The highest BCUT2D eigenvalue weighted by molar-refractivity contribution is 6.00. The van der Waals surface area contributed by atoms with Crippen LogP contribution in [0, 0.1) is 5.82 Å². The van der Waals surface area contributed by atoms with Gasteiger partial charge in [0.15, 0.2) is 0 Å². The van der Waals surface area contributed by atoms with Crippen molar-refractivity contribution >= 4 is 5.91 Å². The SMILES string of the molecule is CCCCCOc1ccc(C2c3c(-c4ccccc4)n[nH]c3C(=O)N2Cc2ccc(F)cc2)cc1. The molecule has 1 aromatic heterocycles. The number of ether oxygens (including phenoxy) is 1. The van der Waals surface area contributed by atoms with Crippen molar-refractivity contribution in [2.45, 2.75) is 38.8 Å². The van der Waals surface area contributed by atoms with Gasteiger partial charge in [0.25, 0.3) is 5.91 Å². The highest BCUT2D eigenvalue weighted by atomic mass is 19.1. The topological polar surface area (TPSA) is 58.2 Å². The Hall–Kier alpha value is -3.93. The van der Waals surface area contributed by atoms with E-state index in [1.54, 1.807) is 12.1 Å². The number of rotatable bonds is 9. The summed E-state index contributed by atoms with van der Waals surface area (Å²) in [5.41, 5.74) is 4.90. The van der Waals surface area contributed by atoms with E-state index in [0.29, 0.717) is 18.8 Å². The lowest BCUT2D eigenvalue weighted by atomic mass is 9.96. The number of carbonyl (C=O) groups excluding carboxylic acids is 1. The number of hydrogen-bond donors (Lipinski definition) is 1. The zero-order valence-corrected chi connectivity index (χ0v) is 19.7. The third-order valence-electron chi connectivity index (χ3n) is 6.39. The van der Waals surface area contributed by atoms with Crippen molar-refractivity contribution < 1.29 is 13.9 Å². The predicted molar refractivity (Wildman–Crippen MR) is 134 cm³/mol. The Balaban J connectivity index is 1.50. The fourth-order valence-corrected chi connectivity index (χ4v) is 4.60. The Morgan fingerprint density at radius 3 is 2.43 bits per heavy atom. The first-order valence-electron chi connectivity index (χ1n) is 12.1. The first kappa shape index (κ1) is 22.8. The van der Waals surface area contributed by atoms with Crippen molar-refractivity contribution in [2.24, 2.45) is 0 Å². The molecule has 4 aromatic rings. The number of carbonyl (C=O) groups is 1. The monoisotopic (exact) mass is 469 g/mol. The molecule has 35 heavy (non-hydrogen) atoms. The van der Waals surface area contributed by atoms with Crippen LogP contribution in [0.1, 0.15) is 59.4 Å². The lowest BCUT2D eigenvalue weighted by Crippen LogP contribution is -2.29.